The predicted molar refractivity (Wildman–Crippen MR) is 105 cm³/mol. The minimum Gasteiger partial charge on any atom is -0.441 e. The van der Waals surface area contributed by atoms with Crippen molar-refractivity contribution in [3.05, 3.63) is 69.1 Å². The maximum Gasteiger partial charge on any atom is 0.224 e. The van der Waals surface area contributed by atoms with Gasteiger partial charge in [0.1, 0.15) is 0 Å². The maximum absolute atomic E-state index is 12.2. The quantitative estimate of drug-likeness (QED) is 0.547. The molecule has 0 aliphatic rings. The Kier molecular flexibility index (Phi) is 5.87. The van der Waals surface area contributed by atoms with Crippen LogP contribution in [0.25, 0.3) is 11.3 Å². The molecule has 0 spiro atoms. The van der Waals surface area contributed by atoms with Crippen molar-refractivity contribution >= 4 is 46.4 Å². The van der Waals surface area contributed by atoms with E-state index in [-0.39, 0.29) is 12.3 Å². The van der Waals surface area contributed by atoms with Crippen molar-refractivity contribution in [3.8, 4) is 11.3 Å². The highest BCUT2D eigenvalue weighted by molar-refractivity contribution is 6.36. The van der Waals surface area contributed by atoms with Crippen molar-refractivity contribution in [1.29, 1.82) is 0 Å². The van der Waals surface area contributed by atoms with Crippen molar-refractivity contribution in [1.82, 2.24) is 4.98 Å². The number of rotatable bonds is 5. The summed E-state index contributed by atoms with van der Waals surface area (Å²) in [5.74, 6) is 0.858. The van der Waals surface area contributed by atoms with E-state index in [1.54, 1.807) is 36.5 Å². The molecule has 0 saturated heterocycles. The van der Waals surface area contributed by atoms with E-state index < -0.39 is 0 Å². The van der Waals surface area contributed by atoms with Crippen LogP contribution in [0, 0.1) is 6.92 Å². The van der Waals surface area contributed by atoms with Gasteiger partial charge in [-0.3, -0.25) is 4.79 Å². The first-order valence-corrected chi connectivity index (χ1v) is 9.02. The number of nitrogens with zero attached hydrogens (tertiary/aromatic N) is 1. The molecule has 0 saturated carbocycles. The molecule has 0 atom stereocenters. The summed E-state index contributed by atoms with van der Waals surface area (Å²) in [7, 11) is 0. The zero-order valence-corrected chi connectivity index (χ0v) is 16.1. The summed E-state index contributed by atoms with van der Waals surface area (Å²) in [5.41, 5.74) is 2.23. The topological polar surface area (TPSA) is 55.1 Å². The molecule has 1 heterocycles. The van der Waals surface area contributed by atoms with Crippen LogP contribution in [0.15, 0.2) is 47.0 Å². The molecule has 0 aliphatic heterocycles. The predicted octanol–water partition coefficient (Wildman–Crippen LogP) is 6.18. The average molecular weight is 410 g/mol. The van der Waals surface area contributed by atoms with E-state index in [1.165, 1.54) is 0 Å². The van der Waals surface area contributed by atoms with Crippen LogP contribution in [-0.2, 0) is 11.2 Å². The number of carbonyl (C=O) groups is 1. The van der Waals surface area contributed by atoms with Crippen LogP contribution in [0.4, 0.5) is 5.69 Å². The normalized spacial score (nSPS) is 10.8. The maximum atomic E-state index is 12.2. The van der Waals surface area contributed by atoms with Gasteiger partial charge >= 0.3 is 0 Å². The molecule has 1 N–H and O–H groups in total. The molecule has 0 radical (unpaired) electrons. The summed E-state index contributed by atoms with van der Waals surface area (Å²) in [6.07, 6.45) is 2.19. The highest BCUT2D eigenvalue weighted by Crippen LogP contribution is 2.31. The number of aromatic nitrogens is 1. The second-order valence-electron chi connectivity index (χ2n) is 5.70. The van der Waals surface area contributed by atoms with E-state index in [4.69, 9.17) is 39.2 Å². The molecule has 0 bridgehead atoms. The summed E-state index contributed by atoms with van der Waals surface area (Å²) in [5, 5.41) is 4.49. The highest BCUT2D eigenvalue weighted by atomic mass is 35.5. The summed E-state index contributed by atoms with van der Waals surface area (Å²) in [6, 6.07) is 10.5. The van der Waals surface area contributed by atoms with Gasteiger partial charge in [0, 0.05) is 34.1 Å². The van der Waals surface area contributed by atoms with Crippen molar-refractivity contribution in [3.63, 3.8) is 0 Å². The van der Waals surface area contributed by atoms with Crippen LogP contribution in [0.5, 0.6) is 0 Å². The van der Waals surface area contributed by atoms with Gasteiger partial charge in [0.2, 0.25) is 5.91 Å². The lowest BCUT2D eigenvalue weighted by molar-refractivity contribution is -0.116. The summed E-state index contributed by atoms with van der Waals surface area (Å²) in [4.78, 5) is 16.4. The largest absolute Gasteiger partial charge is 0.441 e. The highest BCUT2D eigenvalue weighted by Gasteiger charge is 2.12. The van der Waals surface area contributed by atoms with Gasteiger partial charge in [-0.25, -0.2) is 4.98 Å². The Morgan fingerprint density at radius 2 is 1.96 bits per heavy atom. The molecule has 134 valence electrons. The fourth-order valence-electron chi connectivity index (χ4n) is 2.42. The van der Waals surface area contributed by atoms with E-state index in [9.17, 15) is 4.79 Å². The van der Waals surface area contributed by atoms with Gasteiger partial charge in [-0.15, -0.1) is 0 Å². The number of halogens is 3. The first-order valence-electron chi connectivity index (χ1n) is 7.89. The number of aryl methyl sites for hydroxylation is 1. The number of amides is 1. The number of anilines is 1. The first-order chi connectivity index (χ1) is 12.4. The second-order valence-corrected chi connectivity index (χ2v) is 6.95. The molecule has 1 aromatic heterocycles. The van der Waals surface area contributed by atoms with Gasteiger partial charge in [-0.1, -0.05) is 40.9 Å². The van der Waals surface area contributed by atoms with Crippen LogP contribution in [-0.4, -0.2) is 10.9 Å². The first kappa shape index (κ1) is 18.8. The van der Waals surface area contributed by atoms with Gasteiger partial charge < -0.3 is 9.73 Å². The third-order valence-corrected chi connectivity index (χ3v) is 4.82. The fraction of sp³-hybridized carbons (Fsp3) is 0.158. The number of hydrogen-bond donors (Lipinski definition) is 1. The Labute approximate surface area is 166 Å². The van der Waals surface area contributed by atoms with Crippen LogP contribution < -0.4 is 5.32 Å². The molecule has 4 nitrogen and oxygen atoms in total. The van der Waals surface area contributed by atoms with Gasteiger partial charge in [0.25, 0.3) is 0 Å². The lowest BCUT2D eigenvalue weighted by Gasteiger charge is -2.08. The number of hydrogen-bond acceptors (Lipinski definition) is 3. The van der Waals surface area contributed by atoms with E-state index in [2.05, 4.69) is 10.3 Å². The number of oxazole rings is 1. The molecule has 0 unspecified atom stereocenters. The molecule has 26 heavy (non-hydrogen) atoms. The molecule has 0 fully saturated rings. The molecule has 3 aromatic rings. The van der Waals surface area contributed by atoms with Crippen molar-refractivity contribution in [2.45, 2.75) is 19.8 Å². The third kappa shape index (κ3) is 4.39. The van der Waals surface area contributed by atoms with E-state index in [0.717, 1.165) is 5.56 Å². The van der Waals surface area contributed by atoms with Gasteiger partial charge in [-0.05, 0) is 42.8 Å². The zero-order chi connectivity index (χ0) is 18.7. The minimum absolute atomic E-state index is 0.139. The molecule has 1 amide bonds. The molecule has 0 aliphatic carbocycles. The minimum atomic E-state index is -0.139. The Balaban J connectivity index is 1.63. The fourth-order valence-corrected chi connectivity index (χ4v) is 3.09. The summed E-state index contributed by atoms with van der Waals surface area (Å²) in [6.45, 7) is 1.86. The van der Waals surface area contributed by atoms with Crippen LogP contribution in [0.2, 0.25) is 15.1 Å². The molecular weight excluding hydrogens is 395 g/mol. The average Bonchev–Trinajstić information content (AvgIpc) is 3.06. The van der Waals surface area contributed by atoms with E-state index in [1.807, 2.05) is 13.0 Å². The van der Waals surface area contributed by atoms with E-state index in [0.29, 0.717) is 44.4 Å². The van der Waals surface area contributed by atoms with Gasteiger partial charge in [0.15, 0.2) is 11.7 Å². The molecule has 2 aromatic carbocycles. The standard InChI is InChI=1S/C19H15Cl3N2O2/c1-11-14(21)3-2-4-16(11)24-18(25)7-8-19-23-10-17(26-19)13-6-5-12(20)9-15(13)22/h2-6,9-10H,7-8H2,1H3,(H,24,25). The van der Waals surface area contributed by atoms with Crippen LogP contribution in [0.1, 0.15) is 17.9 Å². The Morgan fingerprint density at radius 1 is 1.15 bits per heavy atom. The molecule has 3 rings (SSSR count). The number of benzene rings is 2. The summed E-state index contributed by atoms with van der Waals surface area (Å²) >= 11 is 18.1. The summed E-state index contributed by atoms with van der Waals surface area (Å²) < 4.78 is 5.69. The van der Waals surface area contributed by atoms with Crippen LogP contribution >= 0.6 is 34.8 Å². The van der Waals surface area contributed by atoms with Crippen molar-refractivity contribution in [2.24, 2.45) is 0 Å². The number of carbonyl (C=O) groups excluding carboxylic acids is 1. The zero-order valence-electron chi connectivity index (χ0n) is 13.9. The molecule has 7 heteroatoms. The van der Waals surface area contributed by atoms with Crippen molar-refractivity contribution in [2.75, 3.05) is 5.32 Å². The third-order valence-electron chi connectivity index (χ3n) is 3.86. The van der Waals surface area contributed by atoms with Gasteiger partial charge in [0.05, 0.1) is 11.2 Å². The van der Waals surface area contributed by atoms with Crippen molar-refractivity contribution < 1.29 is 9.21 Å². The van der Waals surface area contributed by atoms with E-state index >= 15 is 0 Å². The smallest absolute Gasteiger partial charge is 0.224 e. The number of nitrogens with one attached hydrogen (secondary N) is 1. The lowest BCUT2D eigenvalue weighted by Crippen LogP contribution is -2.13. The second kappa shape index (κ2) is 8.12. The lowest BCUT2D eigenvalue weighted by atomic mass is 10.2. The molecular formula is C19H15Cl3N2O2. The Bertz CT molecular complexity index is 954. The van der Waals surface area contributed by atoms with Gasteiger partial charge in [-0.2, -0.15) is 0 Å². The Morgan fingerprint density at radius 3 is 2.73 bits per heavy atom. The SMILES string of the molecule is Cc1c(Cl)cccc1NC(=O)CCc1ncc(-c2ccc(Cl)cc2Cl)o1. The van der Waals surface area contributed by atoms with Crippen LogP contribution in [0.3, 0.4) is 0 Å². The monoisotopic (exact) mass is 408 g/mol. The Hall–Kier alpha value is -2.01.